The maximum absolute atomic E-state index is 12.2. The molecule has 1 heterocycles. The molecule has 0 radical (unpaired) electrons. The van der Waals surface area contributed by atoms with Crippen molar-refractivity contribution < 1.29 is 9.53 Å². The average Bonchev–Trinajstić information content (AvgIpc) is 3.09. The smallest absolute Gasteiger partial charge is 0.227 e. The van der Waals surface area contributed by atoms with Crippen LogP contribution in [0.4, 0.5) is 5.69 Å². The van der Waals surface area contributed by atoms with E-state index >= 15 is 0 Å². The normalized spacial score (nSPS) is 17.0. The Morgan fingerprint density at radius 1 is 1.39 bits per heavy atom. The summed E-state index contributed by atoms with van der Waals surface area (Å²) in [6.07, 6.45) is 10.1. The van der Waals surface area contributed by atoms with E-state index in [9.17, 15) is 4.79 Å². The van der Waals surface area contributed by atoms with Crippen LogP contribution < -0.4 is 10.1 Å². The van der Waals surface area contributed by atoms with Crippen molar-refractivity contribution in [2.75, 3.05) is 11.9 Å². The van der Waals surface area contributed by atoms with Crippen LogP contribution in [0.15, 0.2) is 49.1 Å². The van der Waals surface area contributed by atoms with Crippen molar-refractivity contribution >= 4 is 11.6 Å². The van der Waals surface area contributed by atoms with Crippen molar-refractivity contribution in [2.45, 2.75) is 25.8 Å². The minimum atomic E-state index is 0.0666. The van der Waals surface area contributed by atoms with Gasteiger partial charge in [0.2, 0.25) is 5.91 Å². The maximum Gasteiger partial charge on any atom is 0.227 e. The van der Waals surface area contributed by atoms with Gasteiger partial charge in [-0.05, 0) is 31.4 Å². The van der Waals surface area contributed by atoms with Crippen LogP contribution in [-0.4, -0.2) is 27.3 Å². The van der Waals surface area contributed by atoms with Gasteiger partial charge in [-0.1, -0.05) is 18.2 Å². The predicted octanol–water partition coefficient (Wildman–Crippen LogP) is 2.65. The second-order valence-electron chi connectivity index (χ2n) is 5.51. The van der Waals surface area contributed by atoms with Crippen molar-refractivity contribution in [1.29, 1.82) is 0 Å². The zero-order valence-corrected chi connectivity index (χ0v) is 12.9. The van der Waals surface area contributed by atoms with Gasteiger partial charge in [0.1, 0.15) is 25.0 Å². The number of nitrogens with zero attached hydrogens (tertiary/aromatic N) is 3. The SMILES string of the molecule is O=C(Nc1cccc(OCCn2cncn2)c1)C1CC=CCC1. The molecule has 1 amide bonds. The lowest BCUT2D eigenvalue weighted by molar-refractivity contribution is -0.120. The quantitative estimate of drug-likeness (QED) is 0.833. The Balaban J connectivity index is 1.52. The van der Waals surface area contributed by atoms with Crippen LogP contribution in [-0.2, 0) is 11.3 Å². The number of allylic oxidation sites excluding steroid dienone is 2. The highest BCUT2D eigenvalue weighted by Crippen LogP contribution is 2.22. The molecule has 6 nitrogen and oxygen atoms in total. The molecule has 1 aliphatic carbocycles. The molecule has 1 aromatic heterocycles. The number of benzene rings is 1. The number of amides is 1. The summed E-state index contributed by atoms with van der Waals surface area (Å²) < 4.78 is 7.41. The van der Waals surface area contributed by atoms with E-state index in [1.54, 1.807) is 11.0 Å². The Morgan fingerprint density at radius 2 is 2.35 bits per heavy atom. The lowest BCUT2D eigenvalue weighted by atomic mass is 9.93. The van der Waals surface area contributed by atoms with Crippen molar-refractivity contribution in [1.82, 2.24) is 14.8 Å². The molecule has 1 aromatic carbocycles. The molecule has 0 fully saturated rings. The molecule has 3 rings (SSSR count). The molecule has 0 saturated heterocycles. The van der Waals surface area contributed by atoms with Crippen LogP contribution in [0.3, 0.4) is 0 Å². The van der Waals surface area contributed by atoms with Crippen LogP contribution in [0.25, 0.3) is 0 Å². The Kier molecular flexibility index (Phi) is 5.03. The fourth-order valence-corrected chi connectivity index (χ4v) is 2.54. The summed E-state index contributed by atoms with van der Waals surface area (Å²) in [6.45, 7) is 1.12. The maximum atomic E-state index is 12.2. The summed E-state index contributed by atoms with van der Waals surface area (Å²) in [5.74, 6) is 0.873. The van der Waals surface area contributed by atoms with Gasteiger partial charge >= 0.3 is 0 Å². The number of carbonyl (C=O) groups excluding carboxylic acids is 1. The summed E-state index contributed by atoms with van der Waals surface area (Å²) in [4.78, 5) is 16.1. The number of hydrogen-bond donors (Lipinski definition) is 1. The molecule has 23 heavy (non-hydrogen) atoms. The number of anilines is 1. The van der Waals surface area contributed by atoms with Gasteiger partial charge in [-0.3, -0.25) is 4.79 Å². The lowest BCUT2D eigenvalue weighted by Crippen LogP contribution is -2.23. The molecule has 0 saturated carbocycles. The Labute approximate surface area is 135 Å². The second kappa shape index (κ2) is 7.58. The number of aromatic nitrogens is 3. The summed E-state index contributed by atoms with van der Waals surface area (Å²) >= 11 is 0. The molecule has 0 spiro atoms. The van der Waals surface area contributed by atoms with Gasteiger partial charge in [-0.15, -0.1) is 0 Å². The van der Waals surface area contributed by atoms with Gasteiger partial charge in [-0.25, -0.2) is 9.67 Å². The fourth-order valence-electron chi connectivity index (χ4n) is 2.54. The van der Waals surface area contributed by atoms with Crippen molar-refractivity contribution in [2.24, 2.45) is 5.92 Å². The first-order valence-electron chi connectivity index (χ1n) is 7.82. The highest BCUT2D eigenvalue weighted by Gasteiger charge is 2.18. The first-order chi connectivity index (χ1) is 11.3. The van der Waals surface area contributed by atoms with Gasteiger partial charge in [-0.2, -0.15) is 5.10 Å². The minimum Gasteiger partial charge on any atom is -0.492 e. The van der Waals surface area contributed by atoms with Crippen LogP contribution in [0.5, 0.6) is 5.75 Å². The summed E-state index contributed by atoms with van der Waals surface area (Å²) in [7, 11) is 0. The topological polar surface area (TPSA) is 69.0 Å². The first kappa shape index (κ1) is 15.3. The fraction of sp³-hybridized carbons (Fsp3) is 0.353. The van der Waals surface area contributed by atoms with E-state index in [4.69, 9.17) is 4.74 Å². The van der Waals surface area contributed by atoms with Crippen molar-refractivity contribution in [3.63, 3.8) is 0 Å². The van der Waals surface area contributed by atoms with E-state index in [0.29, 0.717) is 13.2 Å². The molecule has 1 atom stereocenters. The monoisotopic (exact) mass is 312 g/mol. The minimum absolute atomic E-state index is 0.0666. The highest BCUT2D eigenvalue weighted by molar-refractivity contribution is 5.92. The number of rotatable bonds is 6. The van der Waals surface area contributed by atoms with Gasteiger partial charge in [0, 0.05) is 17.7 Å². The predicted molar refractivity (Wildman–Crippen MR) is 87.1 cm³/mol. The molecular formula is C17H20N4O2. The zero-order valence-electron chi connectivity index (χ0n) is 12.9. The molecule has 1 unspecified atom stereocenters. The van der Waals surface area contributed by atoms with Gasteiger partial charge in [0.15, 0.2) is 0 Å². The summed E-state index contributed by atoms with van der Waals surface area (Å²) in [6, 6.07) is 7.47. The second-order valence-corrected chi connectivity index (χ2v) is 5.51. The summed E-state index contributed by atoms with van der Waals surface area (Å²) in [5, 5.41) is 6.99. The van der Waals surface area contributed by atoms with E-state index in [0.717, 1.165) is 30.7 Å². The van der Waals surface area contributed by atoms with E-state index in [1.807, 2.05) is 24.3 Å². The number of carbonyl (C=O) groups is 1. The number of ether oxygens (including phenoxy) is 1. The molecule has 1 aliphatic rings. The number of nitrogens with one attached hydrogen (secondary N) is 1. The van der Waals surface area contributed by atoms with E-state index in [2.05, 4.69) is 27.6 Å². The van der Waals surface area contributed by atoms with Crippen LogP contribution >= 0.6 is 0 Å². The molecule has 0 aliphatic heterocycles. The van der Waals surface area contributed by atoms with Crippen LogP contribution in [0.1, 0.15) is 19.3 Å². The Morgan fingerprint density at radius 3 is 3.13 bits per heavy atom. The molecule has 120 valence electrons. The average molecular weight is 312 g/mol. The molecule has 2 aromatic rings. The molecule has 6 heteroatoms. The summed E-state index contributed by atoms with van der Waals surface area (Å²) in [5.41, 5.74) is 0.766. The van der Waals surface area contributed by atoms with Gasteiger partial charge in [0.05, 0.1) is 6.54 Å². The lowest BCUT2D eigenvalue weighted by Gasteiger charge is -2.17. The third-order valence-corrected chi connectivity index (χ3v) is 3.80. The van der Waals surface area contributed by atoms with E-state index < -0.39 is 0 Å². The van der Waals surface area contributed by atoms with Crippen LogP contribution in [0.2, 0.25) is 0 Å². The third kappa shape index (κ3) is 4.42. The molecule has 1 N–H and O–H groups in total. The Hall–Kier alpha value is -2.63. The van der Waals surface area contributed by atoms with E-state index in [-0.39, 0.29) is 11.8 Å². The number of hydrogen-bond acceptors (Lipinski definition) is 4. The largest absolute Gasteiger partial charge is 0.492 e. The van der Waals surface area contributed by atoms with Gasteiger partial charge in [0.25, 0.3) is 0 Å². The van der Waals surface area contributed by atoms with Crippen molar-refractivity contribution in [3.8, 4) is 5.75 Å². The van der Waals surface area contributed by atoms with E-state index in [1.165, 1.54) is 6.33 Å². The first-order valence-corrected chi connectivity index (χ1v) is 7.82. The molecular weight excluding hydrogens is 292 g/mol. The van der Waals surface area contributed by atoms with Crippen LogP contribution in [0, 0.1) is 5.92 Å². The Bertz CT molecular complexity index is 667. The highest BCUT2D eigenvalue weighted by atomic mass is 16.5. The van der Waals surface area contributed by atoms with Gasteiger partial charge < -0.3 is 10.1 Å². The van der Waals surface area contributed by atoms with Crippen molar-refractivity contribution in [3.05, 3.63) is 49.1 Å². The molecule has 0 bridgehead atoms. The third-order valence-electron chi connectivity index (χ3n) is 3.80. The standard InChI is InChI=1S/C17H20N4O2/c22-17(14-5-2-1-3-6-14)20-15-7-4-8-16(11-15)23-10-9-21-13-18-12-19-21/h1-2,4,7-8,11-14H,3,5-6,9-10H2,(H,20,22). The zero-order chi connectivity index (χ0) is 15.9.